The number of piperazine rings is 1. The van der Waals surface area contributed by atoms with E-state index in [0.29, 0.717) is 38.5 Å². The summed E-state index contributed by atoms with van der Waals surface area (Å²) in [5, 5.41) is 8.53. The molecule has 0 spiro atoms. The van der Waals surface area contributed by atoms with Crippen molar-refractivity contribution in [1.29, 1.82) is 0 Å². The number of aryl methyl sites for hydroxylation is 1. The van der Waals surface area contributed by atoms with Crippen LogP contribution in [-0.2, 0) is 11.2 Å². The highest BCUT2D eigenvalue weighted by Crippen LogP contribution is 2.31. The van der Waals surface area contributed by atoms with Crippen LogP contribution < -0.4 is 4.90 Å². The van der Waals surface area contributed by atoms with Crippen LogP contribution in [0.25, 0.3) is 0 Å². The molecule has 2 amide bonds. The molecule has 29 heavy (non-hydrogen) atoms. The molecular formula is C21H25N5O3. The van der Waals surface area contributed by atoms with Crippen LogP contribution in [0.15, 0.2) is 36.4 Å². The zero-order valence-corrected chi connectivity index (χ0v) is 16.6. The van der Waals surface area contributed by atoms with Gasteiger partial charge in [0.2, 0.25) is 0 Å². The Balaban J connectivity index is 1.41. The van der Waals surface area contributed by atoms with Gasteiger partial charge in [-0.05, 0) is 43.5 Å². The third-order valence-corrected chi connectivity index (χ3v) is 5.35. The van der Waals surface area contributed by atoms with Crippen LogP contribution in [-0.4, -0.2) is 71.3 Å². The van der Waals surface area contributed by atoms with E-state index in [2.05, 4.69) is 33.3 Å². The molecule has 0 aliphatic carbocycles. The zero-order chi connectivity index (χ0) is 20.2. The molecule has 0 bridgehead atoms. The summed E-state index contributed by atoms with van der Waals surface area (Å²) in [6, 6.07) is 11.9. The van der Waals surface area contributed by atoms with Crippen molar-refractivity contribution in [3.63, 3.8) is 0 Å². The maximum atomic E-state index is 12.8. The summed E-state index contributed by atoms with van der Waals surface area (Å²) in [6.45, 7) is 4.85. The molecule has 0 unspecified atom stereocenters. The monoisotopic (exact) mass is 395 g/mol. The van der Waals surface area contributed by atoms with Gasteiger partial charge in [-0.25, -0.2) is 4.79 Å². The van der Waals surface area contributed by atoms with E-state index in [1.165, 1.54) is 5.56 Å². The zero-order valence-electron chi connectivity index (χ0n) is 16.6. The number of nitrogens with zero attached hydrogens (tertiary/aromatic N) is 5. The molecule has 0 atom stereocenters. The van der Waals surface area contributed by atoms with Crippen molar-refractivity contribution in [3.8, 4) is 0 Å². The molecule has 2 aliphatic rings. The Kier molecular flexibility index (Phi) is 5.59. The molecule has 0 N–H and O–H groups in total. The summed E-state index contributed by atoms with van der Waals surface area (Å²) in [6.07, 6.45) is 1.80. The molecule has 1 fully saturated rings. The number of carbonyl (C=O) groups excluding carboxylic acids is 2. The van der Waals surface area contributed by atoms with Crippen LogP contribution in [0.3, 0.4) is 0 Å². The lowest BCUT2D eigenvalue weighted by molar-refractivity contribution is 0.0565. The van der Waals surface area contributed by atoms with Gasteiger partial charge in [-0.15, -0.1) is 10.2 Å². The summed E-state index contributed by atoms with van der Waals surface area (Å²) in [5.74, 6) is 0.590. The average Bonchev–Trinajstić information content (AvgIpc) is 2.78. The van der Waals surface area contributed by atoms with Crippen LogP contribution in [0.2, 0.25) is 0 Å². The number of aromatic nitrogens is 2. The number of anilines is 2. The summed E-state index contributed by atoms with van der Waals surface area (Å²) in [5.41, 5.74) is 2.78. The molecule has 2 aliphatic heterocycles. The van der Waals surface area contributed by atoms with Crippen molar-refractivity contribution >= 4 is 23.5 Å². The van der Waals surface area contributed by atoms with E-state index in [1.54, 1.807) is 22.8 Å². The minimum absolute atomic E-state index is 0.161. The third-order valence-electron chi connectivity index (χ3n) is 5.35. The molecule has 3 heterocycles. The lowest BCUT2D eigenvalue weighted by Crippen LogP contribution is -2.50. The number of hydrogen-bond donors (Lipinski definition) is 0. The molecule has 0 radical (unpaired) electrons. The number of para-hydroxylation sites is 1. The highest BCUT2D eigenvalue weighted by Gasteiger charge is 2.27. The van der Waals surface area contributed by atoms with Gasteiger partial charge in [-0.3, -0.25) is 4.79 Å². The van der Waals surface area contributed by atoms with Gasteiger partial charge in [0.1, 0.15) is 0 Å². The first-order valence-corrected chi connectivity index (χ1v) is 10.1. The second-order valence-electron chi connectivity index (χ2n) is 7.14. The standard InChI is InChI=1S/C21H25N5O3/c1-2-29-21(28)25-14-12-24(13-15-25)20(27)17-9-10-19(23-22-17)26-11-5-7-16-6-3-4-8-18(16)26/h3-4,6,8-10H,2,5,7,11-15H2,1H3. The number of ether oxygens (including phenoxy) is 1. The van der Waals surface area contributed by atoms with Crippen molar-refractivity contribution in [3.05, 3.63) is 47.7 Å². The predicted molar refractivity (Wildman–Crippen MR) is 108 cm³/mol. The highest BCUT2D eigenvalue weighted by atomic mass is 16.6. The van der Waals surface area contributed by atoms with E-state index < -0.39 is 0 Å². The predicted octanol–water partition coefficient (Wildman–Crippen LogP) is 2.48. The van der Waals surface area contributed by atoms with Crippen LogP contribution in [0.4, 0.5) is 16.3 Å². The first kappa shape index (κ1) is 19.2. The lowest BCUT2D eigenvalue weighted by atomic mass is 10.0. The molecule has 4 rings (SSSR count). The van der Waals surface area contributed by atoms with Gasteiger partial charge in [-0.2, -0.15) is 0 Å². The van der Waals surface area contributed by atoms with Gasteiger partial charge in [-0.1, -0.05) is 18.2 Å². The van der Waals surface area contributed by atoms with Crippen LogP contribution in [0, 0.1) is 0 Å². The molecule has 0 saturated carbocycles. The van der Waals surface area contributed by atoms with Crippen molar-refractivity contribution in [1.82, 2.24) is 20.0 Å². The van der Waals surface area contributed by atoms with Crippen molar-refractivity contribution in [2.75, 3.05) is 44.2 Å². The molecule has 1 aromatic carbocycles. The van der Waals surface area contributed by atoms with Crippen LogP contribution in [0.5, 0.6) is 0 Å². The van der Waals surface area contributed by atoms with Gasteiger partial charge in [0.05, 0.1) is 6.61 Å². The number of fused-ring (bicyclic) bond motifs is 1. The average molecular weight is 395 g/mol. The van der Waals surface area contributed by atoms with E-state index in [4.69, 9.17) is 4.74 Å². The first-order valence-electron chi connectivity index (χ1n) is 10.1. The van der Waals surface area contributed by atoms with Crippen molar-refractivity contribution in [2.24, 2.45) is 0 Å². The Bertz CT molecular complexity index is 878. The van der Waals surface area contributed by atoms with Gasteiger partial charge < -0.3 is 19.4 Å². The van der Waals surface area contributed by atoms with E-state index in [1.807, 2.05) is 12.1 Å². The molecule has 2 aromatic rings. The van der Waals surface area contributed by atoms with Crippen LogP contribution >= 0.6 is 0 Å². The largest absolute Gasteiger partial charge is 0.450 e. The fraction of sp³-hybridized carbons (Fsp3) is 0.429. The minimum atomic E-state index is -0.328. The Labute approximate surface area is 170 Å². The molecule has 8 heteroatoms. The second kappa shape index (κ2) is 8.46. The maximum Gasteiger partial charge on any atom is 0.409 e. The number of carbonyl (C=O) groups is 2. The SMILES string of the molecule is CCOC(=O)N1CCN(C(=O)c2ccc(N3CCCc4ccccc43)nn2)CC1. The lowest BCUT2D eigenvalue weighted by Gasteiger charge is -2.33. The Morgan fingerprint density at radius 2 is 1.72 bits per heavy atom. The van der Waals surface area contributed by atoms with Crippen molar-refractivity contribution in [2.45, 2.75) is 19.8 Å². The van der Waals surface area contributed by atoms with E-state index in [-0.39, 0.29) is 12.0 Å². The Morgan fingerprint density at radius 3 is 2.45 bits per heavy atom. The fourth-order valence-corrected chi connectivity index (χ4v) is 3.82. The molecular weight excluding hydrogens is 370 g/mol. The van der Waals surface area contributed by atoms with Gasteiger partial charge >= 0.3 is 6.09 Å². The summed E-state index contributed by atoms with van der Waals surface area (Å²) >= 11 is 0. The quantitative estimate of drug-likeness (QED) is 0.794. The van der Waals surface area contributed by atoms with E-state index in [0.717, 1.165) is 30.9 Å². The van der Waals surface area contributed by atoms with Gasteiger partial charge in [0.15, 0.2) is 11.5 Å². The third kappa shape index (κ3) is 4.01. The first-order chi connectivity index (χ1) is 14.2. The number of benzene rings is 1. The van der Waals surface area contributed by atoms with Gasteiger partial charge in [0.25, 0.3) is 5.91 Å². The Morgan fingerprint density at radius 1 is 0.966 bits per heavy atom. The normalized spacial score (nSPS) is 16.4. The van der Waals surface area contributed by atoms with Crippen LogP contribution in [0.1, 0.15) is 29.4 Å². The second-order valence-corrected chi connectivity index (χ2v) is 7.14. The topological polar surface area (TPSA) is 78.9 Å². The highest BCUT2D eigenvalue weighted by molar-refractivity contribution is 5.92. The smallest absolute Gasteiger partial charge is 0.409 e. The summed E-state index contributed by atoms with van der Waals surface area (Å²) in [7, 11) is 0. The number of rotatable bonds is 3. The summed E-state index contributed by atoms with van der Waals surface area (Å²) < 4.78 is 5.01. The molecule has 152 valence electrons. The maximum absolute atomic E-state index is 12.8. The number of hydrogen-bond acceptors (Lipinski definition) is 6. The molecule has 1 saturated heterocycles. The van der Waals surface area contributed by atoms with E-state index in [9.17, 15) is 9.59 Å². The minimum Gasteiger partial charge on any atom is -0.450 e. The summed E-state index contributed by atoms with van der Waals surface area (Å²) in [4.78, 5) is 30.0. The van der Waals surface area contributed by atoms with E-state index >= 15 is 0 Å². The van der Waals surface area contributed by atoms with Gasteiger partial charge in [0, 0.05) is 38.4 Å². The Hall–Kier alpha value is -3.16. The fourth-order valence-electron chi connectivity index (χ4n) is 3.82. The molecule has 1 aromatic heterocycles. The molecule has 8 nitrogen and oxygen atoms in total. The number of amides is 2. The van der Waals surface area contributed by atoms with Crippen molar-refractivity contribution < 1.29 is 14.3 Å².